The first-order valence-electron chi connectivity index (χ1n) is 9.90. The van der Waals surface area contributed by atoms with Gasteiger partial charge in [-0.15, -0.1) is 0 Å². The number of carbonyl (C=O) groups excluding carboxylic acids is 5. The van der Waals surface area contributed by atoms with E-state index in [4.69, 9.17) is 27.4 Å². The largest absolute Gasteiger partial charge is 0.480 e. The molecule has 0 heterocycles. The Labute approximate surface area is 184 Å². The minimum atomic E-state index is -1.59. The Kier molecular flexibility index (Phi) is 12.5. The first kappa shape index (κ1) is 28.7. The third-order valence-electron chi connectivity index (χ3n) is 4.67. The maximum absolute atomic E-state index is 12.7. The summed E-state index contributed by atoms with van der Waals surface area (Å²) in [5.41, 5.74) is 15.8. The van der Waals surface area contributed by atoms with E-state index in [1.54, 1.807) is 13.8 Å². The van der Waals surface area contributed by atoms with Crippen molar-refractivity contribution in [3.8, 4) is 0 Å². The van der Waals surface area contributed by atoms with Crippen LogP contribution in [0.2, 0.25) is 0 Å². The van der Waals surface area contributed by atoms with Gasteiger partial charge in [0.1, 0.15) is 18.1 Å². The maximum atomic E-state index is 12.7. The molecule has 0 rings (SSSR count). The van der Waals surface area contributed by atoms with Gasteiger partial charge in [0, 0.05) is 6.42 Å². The highest BCUT2D eigenvalue weighted by Crippen LogP contribution is 2.10. The van der Waals surface area contributed by atoms with Gasteiger partial charge in [0.25, 0.3) is 0 Å². The Hall–Kier alpha value is -3.26. The van der Waals surface area contributed by atoms with Crippen LogP contribution in [-0.4, -0.2) is 76.5 Å². The zero-order valence-electron chi connectivity index (χ0n) is 18.0. The molecule has 5 unspecified atom stereocenters. The summed E-state index contributed by atoms with van der Waals surface area (Å²) in [6.07, 6.45) is -0.474. The van der Waals surface area contributed by atoms with Crippen molar-refractivity contribution in [3.63, 3.8) is 0 Å². The van der Waals surface area contributed by atoms with Gasteiger partial charge in [0.15, 0.2) is 0 Å². The molecule has 32 heavy (non-hydrogen) atoms. The van der Waals surface area contributed by atoms with Gasteiger partial charge in [-0.3, -0.25) is 24.0 Å². The number of amides is 5. The summed E-state index contributed by atoms with van der Waals surface area (Å²) in [6, 6.07) is -5.50. The summed E-state index contributed by atoms with van der Waals surface area (Å²) >= 11 is 0. The fourth-order valence-corrected chi connectivity index (χ4v) is 2.52. The standard InChI is InChI=1S/C18H32N6O8/c1-3-8(2)14(17(30)23-11(7-25)18(31)32)24-16(29)10(6-13(21)27)22-15(28)9(19)4-5-12(20)26/h8-11,14,25H,3-7,19H2,1-2H3,(H2,20,26)(H2,21,27)(H,22,28)(H,23,30)(H,24,29)(H,31,32). The van der Waals surface area contributed by atoms with Gasteiger partial charge in [-0.25, -0.2) is 4.79 Å². The number of carbonyl (C=O) groups is 6. The molecule has 0 aromatic heterocycles. The number of aliphatic hydroxyl groups excluding tert-OH is 1. The Morgan fingerprint density at radius 2 is 1.44 bits per heavy atom. The van der Waals surface area contributed by atoms with Gasteiger partial charge in [-0.05, 0) is 12.3 Å². The number of aliphatic hydroxyl groups is 1. The Balaban J connectivity index is 5.46. The van der Waals surface area contributed by atoms with Crippen molar-refractivity contribution in [1.82, 2.24) is 16.0 Å². The van der Waals surface area contributed by atoms with Crippen LogP contribution in [0.3, 0.4) is 0 Å². The van der Waals surface area contributed by atoms with Crippen LogP contribution < -0.4 is 33.2 Å². The molecule has 0 aliphatic carbocycles. The van der Waals surface area contributed by atoms with Gasteiger partial charge in [-0.1, -0.05) is 20.3 Å². The van der Waals surface area contributed by atoms with E-state index in [2.05, 4.69) is 16.0 Å². The minimum absolute atomic E-state index is 0.0955. The third kappa shape index (κ3) is 10.2. The van der Waals surface area contributed by atoms with Gasteiger partial charge < -0.3 is 43.4 Å². The van der Waals surface area contributed by atoms with Crippen LogP contribution >= 0.6 is 0 Å². The lowest BCUT2D eigenvalue weighted by molar-refractivity contribution is -0.143. The Morgan fingerprint density at radius 3 is 1.88 bits per heavy atom. The molecule has 0 aliphatic rings. The number of rotatable bonds is 15. The SMILES string of the molecule is CCC(C)C(NC(=O)C(CC(N)=O)NC(=O)C(N)CCC(N)=O)C(=O)NC(CO)C(=O)O. The highest BCUT2D eigenvalue weighted by Gasteiger charge is 2.33. The molecule has 182 valence electrons. The van der Waals surface area contributed by atoms with Crippen molar-refractivity contribution >= 4 is 35.5 Å². The van der Waals surface area contributed by atoms with E-state index >= 15 is 0 Å². The van der Waals surface area contributed by atoms with Crippen molar-refractivity contribution < 1.29 is 39.0 Å². The molecule has 0 saturated carbocycles. The van der Waals surface area contributed by atoms with Crippen LogP contribution in [0, 0.1) is 5.92 Å². The van der Waals surface area contributed by atoms with E-state index in [0.29, 0.717) is 6.42 Å². The highest BCUT2D eigenvalue weighted by atomic mass is 16.4. The summed E-state index contributed by atoms with van der Waals surface area (Å²) in [4.78, 5) is 70.8. The molecule has 0 aromatic rings. The van der Waals surface area contributed by atoms with Crippen molar-refractivity contribution in [1.29, 1.82) is 0 Å². The van der Waals surface area contributed by atoms with Crippen LogP contribution in [0.25, 0.3) is 0 Å². The van der Waals surface area contributed by atoms with Crippen molar-refractivity contribution in [2.75, 3.05) is 6.61 Å². The molecule has 14 heteroatoms. The molecule has 0 radical (unpaired) electrons. The third-order valence-corrected chi connectivity index (χ3v) is 4.67. The second-order valence-corrected chi connectivity index (χ2v) is 7.30. The van der Waals surface area contributed by atoms with Gasteiger partial charge in [0.05, 0.1) is 19.1 Å². The average Bonchev–Trinajstić information content (AvgIpc) is 2.71. The number of hydrogen-bond acceptors (Lipinski definition) is 8. The summed E-state index contributed by atoms with van der Waals surface area (Å²) in [6.45, 7) is 2.46. The first-order valence-corrected chi connectivity index (χ1v) is 9.90. The molecule has 14 nitrogen and oxygen atoms in total. The number of nitrogens with two attached hydrogens (primary N) is 3. The van der Waals surface area contributed by atoms with Gasteiger partial charge in [-0.2, -0.15) is 0 Å². The number of primary amides is 2. The van der Waals surface area contributed by atoms with E-state index in [-0.39, 0.29) is 12.8 Å². The molecule has 5 atom stereocenters. The van der Waals surface area contributed by atoms with E-state index in [1.807, 2.05) is 0 Å². The summed E-state index contributed by atoms with van der Waals surface area (Å²) in [5, 5.41) is 24.8. The van der Waals surface area contributed by atoms with Crippen LogP contribution in [-0.2, 0) is 28.8 Å². The van der Waals surface area contributed by atoms with Gasteiger partial charge in [0.2, 0.25) is 29.5 Å². The quantitative estimate of drug-likeness (QED) is 0.118. The molecule has 0 bridgehead atoms. The van der Waals surface area contributed by atoms with Crippen LogP contribution in [0.1, 0.15) is 39.5 Å². The molecule has 0 aliphatic heterocycles. The van der Waals surface area contributed by atoms with Crippen LogP contribution in [0.5, 0.6) is 0 Å². The molecule has 0 fully saturated rings. The minimum Gasteiger partial charge on any atom is -0.480 e. The van der Waals surface area contributed by atoms with E-state index in [1.165, 1.54) is 0 Å². The second-order valence-electron chi connectivity index (χ2n) is 7.30. The van der Waals surface area contributed by atoms with Gasteiger partial charge >= 0.3 is 5.97 Å². The number of nitrogens with one attached hydrogen (secondary N) is 3. The summed E-state index contributed by atoms with van der Waals surface area (Å²) < 4.78 is 0. The average molecular weight is 460 g/mol. The number of carboxylic acids is 1. The topological polar surface area (TPSA) is 257 Å². The number of carboxylic acid groups (broad SMARTS) is 1. The second kappa shape index (κ2) is 13.9. The molecule has 0 aromatic carbocycles. The van der Waals surface area contributed by atoms with E-state index in [0.717, 1.165) is 0 Å². The van der Waals surface area contributed by atoms with E-state index < -0.39 is 78.6 Å². The summed E-state index contributed by atoms with van der Waals surface area (Å²) in [7, 11) is 0. The molecule has 0 spiro atoms. The molecular formula is C18H32N6O8. The van der Waals surface area contributed by atoms with Crippen molar-refractivity contribution in [2.45, 2.75) is 63.7 Å². The van der Waals surface area contributed by atoms with Crippen LogP contribution in [0.15, 0.2) is 0 Å². The number of hydrogen-bond donors (Lipinski definition) is 8. The molecule has 5 amide bonds. The number of aliphatic carboxylic acids is 1. The predicted octanol–water partition coefficient (Wildman–Crippen LogP) is -3.97. The van der Waals surface area contributed by atoms with Crippen LogP contribution in [0.4, 0.5) is 0 Å². The summed E-state index contributed by atoms with van der Waals surface area (Å²) in [5.74, 6) is -6.21. The molecular weight excluding hydrogens is 428 g/mol. The first-order chi connectivity index (χ1) is 14.8. The molecule has 0 saturated heterocycles. The zero-order chi connectivity index (χ0) is 25.0. The normalized spacial score (nSPS) is 15.4. The lowest BCUT2D eigenvalue weighted by Crippen LogP contribution is -2.59. The fraction of sp³-hybridized carbons (Fsp3) is 0.667. The lowest BCUT2D eigenvalue weighted by Gasteiger charge is -2.27. The monoisotopic (exact) mass is 460 g/mol. The molecule has 11 N–H and O–H groups in total. The zero-order valence-corrected chi connectivity index (χ0v) is 18.0. The lowest BCUT2D eigenvalue weighted by atomic mass is 9.97. The van der Waals surface area contributed by atoms with E-state index in [9.17, 15) is 28.8 Å². The van der Waals surface area contributed by atoms with Crippen molar-refractivity contribution in [3.05, 3.63) is 0 Å². The van der Waals surface area contributed by atoms with Crippen molar-refractivity contribution in [2.24, 2.45) is 23.1 Å². The maximum Gasteiger partial charge on any atom is 0.328 e. The highest BCUT2D eigenvalue weighted by molar-refractivity contribution is 5.96. The Morgan fingerprint density at radius 1 is 0.875 bits per heavy atom. The smallest absolute Gasteiger partial charge is 0.328 e. The fourth-order valence-electron chi connectivity index (χ4n) is 2.52. The Bertz CT molecular complexity index is 716. The predicted molar refractivity (Wildman–Crippen MR) is 110 cm³/mol.